The molecule has 1 heterocycles. The molecule has 0 saturated heterocycles. The first-order valence-corrected chi connectivity index (χ1v) is 6.37. The average molecular weight is 310 g/mol. The summed E-state index contributed by atoms with van der Waals surface area (Å²) in [5, 5.41) is 2.50. The van der Waals surface area contributed by atoms with Crippen LogP contribution in [-0.2, 0) is 6.18 Å². The molecule has 2 rings (SSSR count). The Labute approximate surface area is 124 Å². The lowest BCUT2D eigenvalue weighted by Crippen LogP contribution is -2.25. The van der Waals surface area contributed by atoms with E-state index in [9.17, 15) is 22.8 Å². The quantitative estimate of drug-likeness (QED) is 0.894. The van der Waals surface area contributed by atoms with Crippen molar-refractivity contribution >= 4 is 11.6 Å². The van der Waals surface area contributed by atoms with Gasteiger partial charge in [-0.3, -0.25) is 9.59 Å². The topological polar surface area (TPSA) is 62.0 Å². The van der Waals surface area contributed by atoms with Crippen LogP contribution in [0.5, 0.6) is 0 Å². The summed E-state index contributed by atoms with van der Waals surface area (Å²) in [4.78, 5) is 25.3. The summed E-state index contributed by atoms with van der Waals surface area (Å²) >= 11 is 0. The number of benzene rings is 1. The summed E-state index contributed by atoms with van der Waals surface area (Å²) in [6.45, 7) is 3.68. The monoisotopic (exact) mass is 310 g/mol. The van der Waals surface area contributed by atoms with Crippen LogP contribution in [-0.4, -0.2) is 10.9 Å². The maximum absolute atomic E-state index is 12.5. The molecule has 0 saturated carbocycles. The van der Waals surface area contributed by atoms with E-state index in [1.807, 2.05) is 19.9 Å². The molecule has 1 amide bonds. The number of H-pyrrole nitrogens is 1. The van der Waals surface area contributed by atoms with E-state index in [4.69, 9.17) is 0 Å². The third-order valence-electron chi connectivity index (χ3n) is 2.94. The number of hydrogen-bond acceptors (Lipinski definition) is 2. The zero-order valence-corrected chi connectivity index (χ0v) is 11.8. The minimum absolute atomic E-state index is 0.382. The summed E-state index contributed by atoms with van der Waals surface area (Å²) in [7, 11) is 0. The van der Waals surface area contributed by atoms with Gasteiger partial charge in [0.25, 0.3) is 11.5 Å². The van der Waals surface area contributed by atoms with Crippen molar-refractivity contribution in [3.63, 3.8) is 0 Å². The van der Waals surface area contributed by atoms with Gasteiger partial charge in [0.15, 0.2) is 0 Å². The van der Waals surface area contributed by atoms with Crippen molar-refractivity contribution in [3.8, 4) is 0 Å². The van der Waals surface area contributed by atoms with Crippen LogP contribution in [0.2, 0.25) is 0 Å². The molecule has 7 heteroatoms. The van der Waals surface area contributed by atoms with E-state index in [1.54, 1.807) is 17.1 Å². The van der Waals surface area contributed by atoms with E-state index in [-0.39, 0.29) is 5.56 Å². The Morgan fingerprint density at radius 2 is 1.68 bits per heavy atom. The molecule has 2 aromatic rings. The fourth-order valence-corrected chi connectivity index (χ4v) is 2.06. The Morgan fingerprint density at radius 1 is 1.09 bits per heavy atom. The number of carbonyl (C=O) groups is 1. The summed E-state index contributed by atoms with van der Waals surface area (Å²) < 4.78 is 37.4. The first-order chi connectivity index (χ1) is 10.2. The number of rotatable bonds is 2. The SMILES string of the molecule is Cc1cc(C)cc(NC(=O)c2ccc(C(F)(F)F)[nH]c2=O)c1. The van der Waals surface area contributed by atoms with Gasteiger partial charge in [0, 0.05) is 5.69 Å². The maximum Gasteiger partial charge on any atom is 0.431 e. The summed E-state index contributed by atoms with van der Waals surface area (Å²) in [5.74, 6) is -0.764. The number of hydrogen-bond donors (Lipinski definition) is 2. The lowest BCUT2D eigenvalue weighted by atomic mass is 10.1. The van der Waals surface area contributed by atoms with Gasteiger partial charge in [0.1, 0.15) is 11.3 Å². The van der Waals surface area contributed by atoms with Gasteiger partial charge in [0.05, 0.1) is 0 Å². The number of aromatic nitrogens is 1. The molecule has 0 aliphatic carbocycles. The third kappa shape index (κ3) is 3.55. The van der Waals surface area contributed by atoms with E-state index < -0.39 is 23.3 Å². The predicted octanol–water partition coefficient (Wildman–Crippen LogP) is 3.26. The number of carbonyl (C=O) groups excluding carboxylic acids is 1. The van der Waals surface area contributed by atoms with Crippen LogP contribution in [0.3, 0.4) is 0 Å². The van der Waals surface area contributed by atoms with Crippen LogP contribution < -0.4 is 10.9 Å². The highest BCUT2D eigenvalue weighted by Crippen LogP contribution is 2.26. The number of pyridine rings is 1. The van der Waals surface area contributed by atoms with Crippen molar-refractivity contribution in [2.24, 2.45) is 0 Å². The molecular weight excluding hydrogens is 297 g/mol. The molecule has 0 aliphatic heterocycles. The highest BCUT2D eigenvalue weighted by molar-refractivity contribution is 6.04. The van der Waals surface area contributed by atoms with Gasteiger partial charge >= 0.3 is 6.18 Å². The molecule has 4 nitrogen and oxygen atoms in total. The Morgan fingerprint density at radius 3 is 2.18 bits per heavy atom. The summed E-state index contributed by atoms with van der Waals surface area (Å²) in [6.07, 6.45) is -4.66. The molecule has 0 atom stereocenters. The second-order valence-corrected chi connectivity index (χ2v) is 4.94. The molecule has 0 bridgehead atoms. The lowest BCUT2D eigenvalue weighted by Gasteiger charge is -2.09. The van der Waals surface area contributed by atoms with Crippen LogP contribution in [0, 0.1) is 13.8 Å². The highest BCUT2D eigenvalue weighted by atomic mass is 19.4. The summed E-state index contributed by atoms with van der Waals surface area (Å²) in [6, 6.07) is 6.82. The minimum atomic E-state index is -4.66. The maximum atomic E-state index is 12.5. The zero-order chi connectivity index (χ0) is 16.5. The van der Waals surface area contributed by atoms with Crippen LogP contribution >= 0.6 is 0 Å². The van der Waals surface area contributed by atoms with Gasteiger partial charge in [-0.2, -0.15) is 13.2 Å². The normalized spacial score (nSPS) is 11.3. The van der Waals surface area contributed by atoms with Gasteiger partial charge in [-0.25, -0.2) is 0 Å². The number of halogens is 3. The molecule has 0 unspecified atom stereocenters. The van der Waals surface area contributed by atoms with Gasteiger partial charge in [-0.05, 0) is 49.2 Å². The molecule has 0 radical (unpaired) electrons. The lowest BCUT2D eigenvalue weighted by molar-refractivity contribution is -0.141. The summed E-state index contributed by atoms with van der Waals surface area (Å²) in [5.41, 5.74) is -0.362. The molecule has 0 aliphatic rings. The van der Waals surface area contributed by atoms with E-state index in [2.05, 4.69) is 5.32 Å². The smallest absolute Gasteiger partial charge is 0.322 e. The van der Waals surface area contributed by atoms with Crippen molar-refractivity contribution in [1.29, 1.82) is 0 Å². The molecule has 22 heavy (non-hydrogen) atoms. The third-order valence-corrected chi connectivity index (χ3v) is 2.94. The van der Waals surface area contributed by atoms with Crippen molar-refractivity contribution < 1.29 is 18.0 Å². The van der Waals surface area contributed by atoms with E-state index >= 15 is 0 Å². The number of aryl methyl sites for hydroxylation is 2. The van der Waals surface area contributed by atoms with Crippen molar-refractivity contribution in [2.45, 2.75) is 20.0 Å². The van der Waals surface area contributed by atoms with E-state index in [0.29, 0.717) is 11.8 Å². The van der Waals surface area contributed by atoms with Crippen LogP contribution in [0.25, 0.3) is 0 Å². The average Bonchev–Trinajstić information content (AvgIpc) is 2.35. The van der Waals surface area contributed by atoms with Crippen LogP contribution in [0.1, 0.15) is 27.2 Å². The fourth-order valence-electron chi connectivity index (χ4n) is 2.06. The van der Waals surface area contributed by atoms with Gasteiger partial charge in [0.2, 0.25) is 0 Å². The van der Waals surface area contributed by atoms with E-state index in [1.165, 1.54) is 0 Å². The Kier molecular flexibility index (Phi) is 4.07. The second-order valence-electron chi connectivity index (χ2n) is 4.94. The number of aromatic amines is 1. The largest absolute Gasteiger partial charge is 0.431 e. The number of amides is 1. The van der Waals surface area contributed by atoms with Crippen molar-refractivity contribution in [3.05, 3.63) is 63.1 Å². The molecule has 116 valence electrons. The molecule has 2 N–H and O–H groups in total. The van der Waals surface area contributed by atoms with Crippen LogP contribution in [0.4, 0.5) is 18.9 Å². The van der Waals surface area contributed by atoms with E-state index in [0.717, 1.165) is 17.2 Å². The molecular formula is C15H13F3N2O2. The molecule has 1 aromatic heterocycles. The fraction of sp³-hybridized carbons (Fsp3) is 0.200. The Balaban J connectivity index is 2.28. The van der Waals surface area contributed by atoms with Gasteiger partial charge < -0.3 is 10.3 Å². The van der Waals surface area contributed by atoms with Gasteiger partial charge in [-0.1, -0.05) is 6.07 Å². The highest BCUT2D eigenvalue weighted by Gasteiger charge is 2.32. The number of anilines is 1. The zero-order valence-electron chi connectivity index (χ0n) is 11.8. The van der Waals surface area contributed by atoms with Crippen LogP contribution in [0.15, 0.2) is 35.1 Å². The van der Waals surface area contributed by atoms with Crippen molar-refractivity contribution in [1.82, 2.24) is 4.98 Å². The first kappa shape index (κ1) is 15.8. The van der Waals surface area contributed by atoms with Gasteiger partial charge in [-0.15, -0.1) is 0 Å². The Bertz CT molecular complexity index is 759. The standard InChI is InChI=1S/C15H13F3N2O2/c1-8-5-9(2)7-10(6-8)19-13(21)11-3-4-12(15(16,17)18)20-14(11)22/h3-7H,1-2H3,(H,19,21)(H,20,22). The predicted molar refractivity (Wildman–Crippen MR) is 75.9 cm³/mol. The second kappa shape index (κ2) is 5.67. The number of nitrogens with one attached hydrogen (secondary N) is 2. The Hall–Kier alpha value is -2.57. The minimum Gasteiger partial charge on any atom is -0.322 e. The molecule has 0 spiro atoms. The number of alkyl halides is 3. The first-order valence-electron chi connectivity index (χ1n) is 6.37. The van der Waals surface area contributed by atoms with Crippen molar-refractivity contribution in [2.75, 3.05) is 5.32 Å². The molecule has 1 aromatic carbocycles. The molecule has 0 fully saturated rings.